The van der Waals surface area contributed by atoms with Crippen LogP contribution in [0.3, 0.4) is 0 Å². The van der Waals surface area contributed by atoms with Crippen molar-refractivity contribution in [2.24, 2.45) is 0 Å². The number of hydrogen-bond acceptors (Lipinski definition) is 7. The number of halogens is 1. The number of para-hydroxylation sites is 1. The first-order valence-electron chi connectivity index (χ1n) is 6.83. The van der Waals surface area contributed by atoms with Gasteiger partial charge in [-0.2, -0.15) is 15.0 Å². The van der Waals surface area contributed by atoms with Gasteiger partial charge >= 0.3 is 0 Å². The third-order valence-electron chi connectivity index (χ3n) is 3.02. The van der Waals surface area contributed by atoms with Crippen LogP contribution in [0.15, 0.2) is 24.3 Å². The van der Waals surface area contributed by atoms with Gasteiger partial charge in [-0.1, -0.05) is 18.2 Å². The molecular weight excluding hydrogens is 306 g/mol. The van der Waals surface area contributed by atoms with Crippen molar-refractivity contribution in [1.29, 1.82) is 0 Å². The molecular formula is C14H18ClN5O2. The second-order valence-corrected chi connectivity index (χ2v) is 4.97. The van der Waals surface area contributed by atoms with Crippen LogP contribution in [0, 0.1) is 0 Å². The largest absolute Gasteiger partial charge is 0.396 e. The van der Waals surface area contributed by atoms with Crippen molar-refractivity contribution in [2.45, 2.75) is 6.42 Å². The number of rotatable bonds is 7. The molecule has 0 aliphatic heterocycles. The number of aliphatic hydroxyl groups excluding tert-OH is 2. The summed E-state index contributed by atoms with van der Waals surface area (Å²) < 4.78 is 0. The molecule has 0 fully saturated rings. The second-order valence-electron chi connectivity index (χ2n) is 4.63. The first-order valence-corrected chi connectivity index (χ1v) is 7.21. The van der Waals surface area contributed by atoms with Crippen molar-refractivity contribution in [3.05, 3.63) is 35.1 Å². The predicted octanol–water partition coefficient (Wildman–Crippen LogP) is 1.23. The van der Waals surface area contributed by atoms with Crippen molar-refractivity contribution in [2.75, 3.05) is 37.0 Å². The molecule has 118 valence electrons. The highest BCUT2D eigenvalue weighted by molar-refractivity contribution is 6.28. The lowest BCUT2D eigenvalue weighted by atomic mass is 10.1. The van der Waals surface area contributed by atoms with Crippen LogP contribution in [-0.2, 0) is 6.42 Å². The first kappa shape index (κ1) is 16.4. The molecule has 8 heteroatoms. The van der Waals surface area contributed by atoms with Gasteiger partial charge in [0.15, 0.2) is 0 Å². The number of aliphatic hydroxyl groups is 2. The topological polar surface area (TPSA) is 94.4 Å². The highest BCUT2D eigenvalue weighted by atomic mass is 35.5. The summed E-state index contributed by atoms with van der Waals surface area (Å²) in [5, 5.41) is 21.2. The van der Waals surface area contributed by atoms with Crippen molar-refractivity contribution in [1.82, 2.24) is 15.0 Å². The van der Waals surface area contributed by atoms with Gasteiger partial charge in [0.05, 0.1) is 6.61 Å². The summed E-state index contributed by atoms with van der Waals surface area (Å²) in [6, 6.07) is 7.57. The number of nitrogens with zero attached hydrogens (tertiary/aromatic N) is 4. The van der Waals surface area contributed by atoms with Gasteiger partial charge < -0.3 is 20.4 Å². The highest BCUT2D eigenvalue weighted by Gasteiger charge is 2.10. The zero-order valence-corrected chi connectivity index (χ0v) is 13.0. The summed E-state index contributed by atoms with van der Waals surface area (Å²) in [6.45, 7) is 0.434. The lowest BCUT2D eigenvalue weighted by Gasteiger charge is -2.16. The maximum Gasteiger partial charge on any atom is 0.233 e. The third kappa shape index (κ3) is 4.27. The maximum absolute atomic E-state index is 9.11. The monoisotopic (exact) mass is 323 g/mol. The van der Waals surface area contributed by atoms with E-state index in [2.05, 4.69) is 20.3 Å². The van der Waals surface area contributed by atoms with E-state index in [9.17, 15) is 0 Å². The minimum atomic E-state index is -0.0120. The number of likely N-dealkylation sites (N-methyl/N-ethyl adjacent to an activating group) is 1. The Morgan fingerprint density at radius 3 is 2.64 bits per heavy atom. The number of anilines is 3. The molecule has 0 saturated heterocycles. The van der Waals surface area contributed by atoms with E-state index in [1.165, 1.54) is 0 Å². The molecule has 1 aromatic carbocycles. The van der Waals surface area contributed by atoms with Gasteiger partial charge in [-0.15, -0.1) is 0 Å². The number of nitrogens with one attached hydrogen (secondary N) is 1. The Balaban J connectivity index is 2.26. The Bertz CT molecular complexity index is 626. The van der Waals surface area contributed by atoms with E-state index in [1.54, 1.807) is 11.9 Å². The fraction of sp³-hybridized carbons (Fsp3) is 0.357. The lowest BCUT2D eigenvalue weighted by molar-refractivity contribution is 0.300. The minimum absolute atomic E-state index is 0.0120. The fourth-order valence-electron chi connectivity index (χ4n) is 1.92. The van der Waals surface area contributed by atoms with Crippen molar-refractivity contribution < 1.29 is 10.2 Å². The van der Waals surface area contributed by atoms with Gasteiger partial charge in [-0.3, -0.25) is 0 Å². The molecule has 0 atom stereocenters. The molecule has 0 radical (unpaired) electrons. The Kier molecular flexibility index (Phi) is 5.88. The van der Waals surface area contributed by atoms with E-state index in [1.807, 2.05) is 24.3 Å². The standard InChI is InChI=1S/C14H18ClN5O2/c1-20(7-9-22)14-18-12(15)17-13(19-14)16-11-5-3-2-4-10(11)6-8-21/h2-5,21-22H,6-9H2,1H3,(H,16,17,18,19). The van der Waals surface area contributed by atoms with Gasteiger partial charge in [-0.05, 0) is 29.7 Å². The molecule has 0 unspecified atom stereocenters. The van der Waals surface area contributed by atoms with Crippen molar-refractivity contribution in [3.63, 3.8) is 0 Å². The molecule has 0 aliphatic rings. The molecule has 0 amide bonds. The molecule has 0 bridgehead atoms. The van der Waals surface area contributed by atoms with Gasteiger partial charge in [0.25, 0.3) is 0 Å². The lowest BCUT2D eigenvalue weighted by Crippen LogP contribution is -2.24. The molecule has 0 aliphatic carbocycles. The Morgan fingerprint density at radius 1 is 1.14 bits per heavy atom. The first-order chi connectivity index (χ1) is 10.6. The molecule has 2 rings (SSSR count). The summed E-state index contributed by atoms with van der Waals surface area (Å²) in [6.07, 6.45) is 0.527. The summed E-state index contributed by atoms with van der Waals surface area (Å²) in [7, 11) is 1.76. The quantitative estimate of drug-likeness (QED) is 0.705. The van der Waals surface area contributed by atoms with Crippen LogP contribution in [0.2, 0.25) is 5.28 Å². The van der Waals surface area contributed by atoms with Crippen molar-refractivity contribution in [3.8, 4) is 0 Å². The SMILES string of the molecule is CN(CCO)c1nc(Cl)nc(Nc2ccccc2CCO)n1. The smallest absolute Gasteiger partial charge is 0.233 e. The van der Waals surface area contributed by atoms with Crippen LogP contribution < -0.4 is 10.2 Å². The molecule has 0 saturated carbocycles. The van der Waals surface area contributed by atoms with Crippen LogP contribution in [0.5, 0.6) is 0 Å². The zero-order chi connectivity index (χ0) is 15.9. The summed E-state index contributed by atoms with van der Waals surface area (Å²) in [5.74, 6) is 0.682. The molecule has 0 spiro atoms. The van der Waals surface area contributed by atoms with Crippen LogP contribution in [0.1, 0.15) is 5.56 Å². The summed E-state index contributed by atoms with van der Waals surface area (Å²) in [5.41, 5.74) is 1.75. The van der Waals surface area contributed by atoms with E-state index < -0.39 is 0 Å². The van der Waals surface area contributed by atoms with E-state index in [0.717, 1.165) is 11.3 Å². The van der Waals surface area contributed by atoms with E-state index in [0.29, 0.717) is 24.9 Å². The molecule has 3 N–H and O–H groups in total. The van der Waals surface area contributed by atoms with E-state index in [4.69, 9.17) is 21.8 Å². The van der Waals surface area contributed by atoms with Crippen LogP contribution in [0.4, 0.5) is 17.6 Å². The maximum atomic E-state index is 9.11. The Labute approximate surface area is 133 Å². The van der Waals surface area contributed by atoms with Crippen LogP contribution in [0.25, 0.3) is 0 Å². The van der Waals surface area contributed by atoms with E-state index >= 15 is 0 Å². The fourth-order valence-corrected chi connectivity index (χ4v) is 2.07. The zero-order valence-electron chi connectivity index (χ0n) is 12.2. The van der Waals surface area contributed by atoms with Crippen LogP contribution in [-0.4, -0.2) is 52.0 Å². The average Bonchev–Trinajstić information content (AvgIpc) is 2.49. The van der Waals surface area contributed by atoms with Crippen LogP contribution >= 0.6 is 11.6 Å². The summed E-state index contributed by atoms with van der Waals surface area (Å²) in [4.78, 5) is 14.0. The minimum Gasteiger partial charge on any atom is -0.396 e. The predicted molar refractivity (Wildman–Crippen MR) is 85.7 cm³/mol. The van der Waals surface area contributed by atoms with Crippen molar-refractivity contribution >= 4 is 29.2 Å². The second kappa shape index (κ2) is 7.88. The average molecular weight is 324 g/mol. The number of benzene rings is 1. The molecule has 1 heterocycles. The van der Waals surface area contributed by atoms with Gasteiger partial charge in [0.1, 0.15) is 0 Å². The molecule has 7 nitrogen and oxygen atoms in total. The van der Waals surface area contributed by atoms with E-state index in [-0.39, 0.29) is 18.5 Å². The van der Waals surface area contributed by atoms with Gasteiger partial charge in [-0.25, -0.2) is 0 Å². The third-order valence-corrected chi connectivity index (χ3v) is 3.19. The summed E-state index contributed by atoms with van der Waals surface area (Å²) >= 11 is 5.93. The molecule has 22 heavy (non-hydrogen) atoms. The Morgan fingerprint density at radius 2 is 1.91 bits per heavy atom. The highest BCUT2D eigenvalue weighted by Crippen LogP contribution is 2.21. The molecule has 1 aromatic heterocycles. The number of hydrogen-bond donors (Lipinski definition) is 3. The Hall–Kier alpha value is -1.96. The normalized spacial score (nSPS) is 10.5. The van der Waals surface area contributed by atoms with Gasteiger partial charge in [0, 0.05) is 25.9 Å². The molecule has 2 aromatic rings. The number of aromatic nitrogens is 3. The van der Waals surface area contributed by atoms with Gasteiger partial charge in [0.2, 0.25) is 17.2 Å².